The number of nitrogens with zero attached hydrogens (tertiary/aromatic N) is 2. The Morgan fingerprint density at radius 3 is 2.67 bits per heavy atom. The number of carbonyl (C=O) groups excluding carboxylic acids is 1. The van der Waals surface area contributed by atoms with Gasteiger partial charge in [-0.05, 0) is 36.8 Å². The molecule has 0 radical (unpaired) electrons. The van der Waals surface area contributed by atoms with Gasteiger partial charge in [-0.3, -0.25) is 0 Å². The number of rotatable bonds is 6. The number of methoxy groups -OCH3 is 1. The third-order valence-electron chi connectivity index (χ3n) is 2.77. The van der Waals surface area contributed by atoms with Crippen molar-refractivity contribution >= 4 is 23.4 Å². The second-order valence-corrected chi connectivity index (χ2v) is 4.39. The molecule has 2 N–H and O–H groups in total. The Hall–Kier alpha value is -2.63. The number of hydrogen-bond donors (Lipinski definition) is 2. The van der Waals surface area contributed by atoms with Gasteiger partial charge in [0, 0.05) is 18.4 Å². The van der Waals surface area contributed by atoms with Crippen LogP contribution in [-0.4, -0.2) is 29.6 Å². The smallest absolute Gasteiger partial charge is 0.337 e. The number of benzene rings is 1. The van der Waals surface area contributed by atoms with Crippen molar-refractivity contribution in [3.8, 4) is 0 Å². The SMILES string of the molecule is CCCNc1nccc(Nc2ccc(C(=O)OC)cc2)n1. The van der Waals surface area contributed by atoms with Crippen molar-refractivity contribution in [2.75, 3.05) is 24.3 Å². The van der Waals surface area contributed by atoms with Crippen LogP contribution >= 0.6 is 0 Å². The van der Waals surface area contributed by atoms with Crippen LogP contribution in [0.2, 0.25) is 0 Å². The monoisotopic (exact) mass is 286 g/mol. The molecule has 0 amide bonds. The maximum atomic E-state index is 11.4. The largest absolute Gasteiger partial charge is 0.465 e. The minimum atomic E-state index is -0.352. The minimum absolute atomic E-state index is 0.352. The molecule has 0 aliphatic carbocycles. The van der Waals surface area contributed by atoms with Crippen molar-refractivity contribution in [3.05, 3.63) is 42.1 Å². The molecule has 0 unspecified atom stereocenters. The summed E-state index contributed by atoms with van der Waals surface area (Å²) in [6, 6.07) is 8.78. The van der Waals surface area contributed by atoms with E-state index in [0.717, 1.165) is 18.7 Å². The molecule has 0 bridgehead atoms. The third-order valence-corrected chi connectivity index (χ3v) is 2.77. The molecule has 1 heterocycles. The van der Waals surface area contributed by atoms with Gasteiger partial charge in [-0.25, -0.2) is 9.78 Å². The lowest BCUT2D eigenvalue weighted by molar-refractivity contribution is 0.0601. The first kappa shape index (κ1) is 14.8. The number of carbonyl (C=O) groups is 1. The predicted octanol–water partition coefficient (Wildman–Crippen LogP) is 2.83. The summed E-state index contributed by atoms with van der Waals surface area (Å²) in [6.45, 7) is 2.91. The summed E-state index contributed by atoms with van der Waals surface area (Å²) in [7, 11) is 1.36. The maximum absolute atomic E-state index is 11.4. The zero-order valence-electron chi connectivity index (χ0n) is 12.1. The molecule has 2 rings (SSSR count). The number of hydrogen-bond acceptors (Lipinski definition) is 6. The van der Waals surface area contributed by atoms with Crippen molar-refractivity contribution in [2.45, 2.75) is 13.3 Å². The summed E-state index contributed by atoms with van der Waals surface area (Å²) >= 11 is 0. The highest BCUT2D eigenvalue weighted by Crippen LogP contribution is 2.16. The van der Waals surface area contributed by atoms with Gasteiger partial charge in [-0.1, -0.05) is 6.92 Å². The molecule has 1 aromatic carbocycles. The quantitative estimate of drug-likeness (QED) is 0.795. The van der Waals surface area contributed by atoms with Crippen LogP contribution in [0.4, 0.5) is 17.5 Å². The van der Waals surface area contributed by atoms with Crippen LogP contribution in [0.5, 0.6) is 0 Å². The molecule has 0 saturated carbocycles. The van der Waals surface area contributed by atoms with Crippen molar-refractivity contribution in [1.29, 1.82) is 0 Å². The van der Waals surface area contributed by atoms with Crippen molar-refractivity contribution in [1.82, 2.24) is 9.97 Å². The number of aromatic nitrogens is 2. The molecule has 2 aromatic rings. The topological polar surface area (TPSA) is 76.1 Å². The van der Waals surface area contributed by atoms with E-state index in [1.807, 2.05) is 0 Å². The first-order chi connectivity index (χ1) is 10.2. The van der Waals surface area contributed by atoms with Gasteiger partial charge in [0.25, 0.3) is 0 Å². The Kier molecular flexibility index (Phi) is 5.09. The van der Waals surface area contributed by atoms with Gasteiger partial charge in [0.1, 0.15) is 5.82 Å². The summed E-state index contributed by atoms with van der Waals surface area (Å²) in [4.78, 5) is 19.9. The first-order valence-corrected chi connectivity index (χ1v) is 6.75. The highest BCUT2D eigenvalue weighted by Gasteiger charge is 2.05. The lowest BCUT2D eigenvalue weighted by atomic mass is 10.2. The molecule has 1 aromatic heterocycles. The van der Waals surface area contributed by atoms with Crippen LogP contribution in [0, 0.1) is 0 Å². The fourth-order valence-electron chi connectivity index (χ4n) is 1.71. The van der Waals surface area contributed by atoms with Crippen LogP contribution in [0.15, 0.2) is 36.5 Å². The fourth-order valence-corrected chi connectivity index (χ4v) is 1.71. The zero-order valence-corrected chi connectivity index (χ0v) is 12.1. The molecule has 0 atom stereocenters. The predicted molar refractivity (Wildman–Crippen MR) is 81.9 cm³/mol. The van der Waals surface area contributed by atoms with E-state index >= 15 is 0 Å². The molecule has 21 heavy (non-hydrogen) atoms. The van der Waals surface area contributed by atoms with E-state index in [-0.39, 0.29) is 5.97 Å². The molecule has 110 valence electrons. The lowest BCUT2D eigenvalue weighted by Crippen LogP contribution is -2.05. The Morgan fingerprint density at radius 2 is 2.00 bits per heavy atom. The Morgan fingerprint density at radius 1 is 1.24 bits per heavy atom. The van der Waals surface area contributed by atoms with E-state index in [2.05, 4.69) is 32.3 Å². The molecule has 0 spiro atoms. The van der Waals surface area contributed by atoms with Gasteiger partial charge in [0.05, 0.1) is 12.7 Å². The molecule has 0 aliphatic heterocycles. The number of nitrogens with one attached hydrogen (secondary N) is 2. The van der Waals surface area contributed by atoms with Crippen molar-refractivity contribution < 1.29 is 9.53 Å². The van der Waals surface area contributed by atoms with Crippen molar-refractivity contribution in [3.63, 3.8) is 0 Å². The summed E-state index contributed by atoms with van der Waals surface area (Å²) in [6.07, 6.45) is 2.70. The third kappa shape index (κ3) is 4.17. The fraction of sp³-hybridized carbons (Fsp3) is 0.267. The maximum Gasteiger partial charge on any atom is 0.337 e. The highest BCUT2D eigenvalue weighted by molar-refractivity contribution is 5.89. The van der Waals surface area contributed by atoms with E-state index in [1.54, 1.807) is 36.5 Å². The Balaban J connectivity index is 2.05. The Bertz CT molecular complexity index is 599. The van der Waals surface area contributed by atoms with Gasteiger partial charge in [-0.2, -0.15) is 4.98 Å². The van der Waals surface area contributed by atoms with Crippen LogP contribution in [-0.2, 0) is 4.74 Å². The molecule has 0 fully saturated rings. The molecule has 6 heteroatoms. The molecule has 0 saturated heterocycles. The second kappa shape index (κ2) is 7.23. The van der Waals surface area contributed by atoms with Crippen LogP contribution < -0.4 is 10.6 Å². The normalized spacial score (nSPS) is 10.0. The summed E-state index contributed by atoms with van der Waals surface area (Å²) in [5, 5.41) is 6.29. The second-order valence-electron chi connectivity index (χ2n) is 4.39. The molecule has 6 nitrogen and oxygen atoms in total. The van der Waals surface area contributed by atoms with Gasteiger partial charge in [0.15, 0.2) is 0 Å². The van der Waals surface area contributed by atoms with E-state index in [4.69, 9.17) is 0 Å². The zero-order chi connectivity index (χ0) is 15.1. The van der Waals surface area contributed by atoms with E-state index in [0.29, 0.717) is 17.3 Å². The summed E-state index contributed by atoms with van der Waals surface area (Å²) < 4.78 is 4.66. The molecular weight excluding hydrogens is 268 g/mol. The van der Waals surface area contributed by atoms with Crippen LogP contribution in [0.3, 0.4) is 0 Å². The lowest BCUT2D eigenvalue weighted by Gasteiger charge is -2.08. The van der Waals surface area contributed by atoms with Crippen molar-refractivity contribution in [2.24, 2.45) is 0 Å². The Labute approximate surface area is 123 Å². The molecule has 0 aliphatic rings. The van der Waals surface area contributed by atoms with Gasteiger partial charge in [-0.15, -0.1) is 0 Å². The van der Waals surface area contributed by atoms with Crippen LogP contribution in [0.25, 0.3) is 0 Å². The number of esters is 1. The van der Waals surface area contributed by atoms with Gasteiger partial charge < -0.3 is 15.4 Å². The molecular formula is C15H18N4O2. The standard InChI is InChI=1S/C15H18N4O2/c1-3-9-16-15-17-10-8-13(19-15)18-12-6-4-11(5-7-12)14(20)21-2/h4-8,10H,3,9H2,1-2H3,(H2,16,17,18,19). The number of ether oxygens (including phenoxy) is 1. The van der Waals surface area contributed by atoms with E-state index < -0.39 is 0 Å². The van der Waals surface area contributed by atoms with E-state index in [9.17, 15) is 4.79 Å². The highest BCUT2D eigenvalue weighted by atomic mass is 16.5. The van der Waals surface area contributed by atoms with Gasteiger partial charge in [0.2, 0.25) is 5.95 Å². The average molecular weight is 286 g/mol. The van der Waals surface area contributed by atoms with Gasteiger partial charge >= 0.3 is 5.97 Å². The minimum Gasteiger partial charge on any atom is -0.465 e. The van der Waals surface area contributed by atoms with E-state index in [1.165, 1.54) is 7.11 Å². The average Bonchev–Trinajstić information content (AvgIpc) is 2.53. The van der Waals surface area contributed by atoms with Crippen LogP contribution in [0.1, 0.15) is 23.7 Å². The summed E-state index contributed by atoms with van der Waals surface area (Å²) in [5.74, 6) is 0.928. The summed E-state index contributed by atoms with van der Waals surface area (Å²) in [5.41, 5.74) is 1.35. The first-order valence-electron chi connectivity index (χ1n) is 6.75. The number of anilines is 3.